The number of carbonyl (C=O) groups is 3. The number of carboxylic acids is 1. The Labute approximate surface area is 179 Å². The zero-order valence-corrected chi connectivity index (χ0v) is 17.7. The molecule has 2 aliphatic heterocycles. The number of hydrogen-bond donors (Lipinski definition) is 1. The summed E-state index contributed by atoms with van der Waals surface area (Å²) < 4.78 is 11.5. The molecule has 1 aromatic carbocycles. The first-order chi connectivity index (χ1) is 14.6. The van der Waals surface area contributed by atoms with Gasteiger partial charge in [0.25, 0.3) is 0 Å². The lowest BCUT2D eigenvalue weighted by atomic mass is 9.86. The van der Waals surface area contributed by atoms with E-state index in [2.05, 4.69) is 4.98 Å². The molecule has 1 fully saturated rings. The van der Waals surface area contributed by atoms with Crippen molar-refractivity contribution in [1.29, 1.82) is 0 Å². The van der Waals surface area contributed by atoms with Gasteiger partial charge in [-0.15, -0.1) is 0 Å². The average Bonchev–Trinajstić information content (AvgIpc) is 2.98. The minimum atomic E-state index is -1.00. The number of rotatable bonds is 2. The van der Waals surface area contributed by atoms with Gasteiger partial charge in [0.1, 0.15) is 11.4 Å². The van der Waals surface area contributed by atoms with Crippen LogP contribution in [0.1, 0.15) is 54.3 Å². The van der Waals surface area contributed by atoms with Crippen LogP contribution in [0.4, 0.5) is 4.79 Å². The van der Waals surface area contributed by atoms with Crippen molar-refractivity contribution < 1.29 is 29.0 Å². The first-order valence-electron chi connectivity index (χ1n) is 10.1. The maximum Gasteiger partial charge on any atom is 0.410 e. The molecule has 1 aromatic heterocycles. The topological polar surface area (TPSA) is 106 Å². The van der Waals surface area contributed by atoms with E-state index in [1.807, 2.05) is 20.8 Å². The highest BCUT2D eigenvalue weighted by Gasteiger charge is 2.50. The van der Waals surface area contributed by atoms with E-state index >= 15 is 0 Å². The molecule has 0 saturated carbocycles. The fourth-order valence-corrected chi connectivity index (χ4v) is 3.85. The summed E-state index contributed by atoms with van der Waals surface area (Å²) in [6.45, 7) is 6.18. The van der Waals surface area contributed by atoms with Crippen LogP contribution >= 0.6 is 0 Å². The number of hydrogen-bond acceptors (Lipinski definition) is 6. The van der Waals surface area contributed by atoms with Crippen molar-refractivity contribution in [2.75, 3.05) is 13.1 Å². The predicted octanol–water partition coefficient (Wildman–Crippen LogP) is 3.79. The minimum absolute atomic E-state index is 0.114. The van der Waals surface area contributed by atoms with E-state index in [0.29, 0.717) is 48.5 Å². The molecule has 0 aliphatic carbocycles. The molecule has 1 N–H and O–H groups in total. The lowest BCUT2D eigenvalue weighted by Crippen LogP contribution is -2.52. The number of benzene rings is 1. The molecular formula is C23H24N2O6. The van der Waals surface area contributed by atoms with Crippen LogP contribution < -0.4 is 4.74 Å². The zero-order chi connectivity index (χ0) is 22.4. The van der Waals surface area contributed by atoms with Gasteiger partial charge in [-0.2, -0.15) is 0 Å². The molecule has 0 atom stereocenters. The number of pyridine rings is 1. The van der Waals surface area contributed by atoms with E-state index in [1.54, 1.807) is 23.1 Å². The van der Waals surface area contributed by atoms with Gasteiger partial charge in [0, 0.05) is 31.5 Å². The first kappa shape index (κ1) is 20.8. The second kappa shape index (κ2) is 7.37. The standard InChI is InChI=1S/C23H24N2O6/c1-22(2,3)31-21(29)25-10-8-23(9-11-25)19(26)16-12-17(24-13-18(16)30-23)14-4-6-15(7-5-14)20(27)28/h4-7,12-13H,8-11H2,1-3H3,(H,27,28). The zero-order valence-electron chi connectivity index (χ0n) is 17.7. The summed E-state index contributed by atoms with van der Waals surface area (Å²) in [4.78, 5) is 42.6. The Morgan fingerprint density at radius 3 is 2.39 bits per heavy atom. The highest BCUT2D eigenvalue weighted by molar-refractivity contribution is 6.08. The van der Waals surface area contributed by atoms with Gasteiger partial charge >= 0.3 is 12.1 Å². The number of amides is 1. The van der Waals surface area contributed by atoms with Crippen LogP contribution in [-0.4, -0.2) is 57.1 Å². The van der Waals surface area contributed by atoms with Gasteiger partial charge in [-0.25, -0.2) is 9.59 Å². The van der Waals surface area contributed by atoms with Gasteiger partial charge < -0.3 is 19.5 Å². The Balaban J connectivity index is 1.50. The van der Waals surface area contributed by atoms with Crippen molar-refractivity contribution in [2.45, 2.75) is 44.8 Å². The third-order valence-corrected chi connectivity index (χ3v) is 5.48. The van der Waals surface area contributed by atoms with Crippen molar-refractivity contribution in [3.8, 4) is 17.0 Å². The number of ketones is 1. The minimum Gasteiger partial charge on any atom is -0.478 e. The second-order valence-electron chi connectivity index (χ2n) is 8.84. The summed E-state index contributed by atoms with van der Waals surface area (Å²) in [6, 6.07) is 8.00. The number of nitrogens with zero attached hydrogens (tertiary/aromatic N) is 2. The van der Waals surface area contributed by atoms with Crippen molar-refractivity contribution in [1.82, 2.24) is 9.88 Å². The number of ether oxygens (including phenoxy) is 2. The van der Waals surface area contributed by atoms with Crippen LogP contribution in [0, 0.1) is 0 Å². The first-order valence-corrected chi connectivity index (χ1v) is 10.1. The lowest BCUT2D eigenvalue weighted by Gasteiger charge is -2.37. The number of aromatic nitrogens is 1. The smallest absolute Gasteiger partial charge is 0.410 e. The van der Waals surface area contributed by atoms with Crippen LogP contribution in [0.15, 0.2) is 36.5 Å². The number of carbonyl (C=O) groups excluding carboxylic acids is 2. The monoisotopic (exact) mass is 424 g/mol. The third-order valence-electron chi connectivity index (χ3n) is 5.48. The Morgan fingerprint density at radius 2 is 1.81 bits per heavy atom. The molecule has 0 bridgehead atoms. The molecule has 162 valence electrons. The molecular weight excluding hydrogens is 400 g/mol. The third kappa shape index (κ3) is 3.97. The number of piperidine rings is 1. The average molecular weight is 424 g/mol. The molecule has 0 unspecified atom stereocenters. The normalized spacial score (nSPS) is 17.3. The number of aromatic carboxylic acids is 1. The highest BCUT2D eigenvalue weighted by atomic mass is 16.6. The van der Waals surface area contributed by atoms with Gasteiger partial charge in [-0.3, -0.25) is 9.78 Å². The predicted molar refractivity (Wildman–Crippen MR) is 111 cm³/mol. The van der Waals surface area contributed by atoms with Crippen molar-refractivity contribution in [3.05, 3.63) is 47.7 Å². The summed E-state index contributed by atoms with van der Waals surface area (Å²) in [5.74, 6) is -0.685. The van der Waals surface area contributed by atoms with E-state index in [0.717, 1.165) is 0 Å². The molecule has 2 aromatic rings. The Hall–Kier alpha value is -3.42. The molecule has 0 radical (unpaired) electrons. The van der Waals surface area contributed by atoms with E-state index in [4.69, 9.17) is 14.6 Å². The van der Waals surface area contributed by atoms with Crippen molar-refractivity contribution >= 4 is 17.8 Å². The fraction of sp³-hybridized carbons (Fsp3) is 0.391. The molecule has 2 aliphatic rings. The quantitative estimate of drug-likeness (QED) is 0.782. The van der Waals surface area contributed by atoms with Crippen LogP contribution in [0.5, 0.6) is 5.75 Å². The van der Waals surface area contributed by atoms with E-state index in [9.17, 15) is 14.4 Å². The molecule has 1 saturated heterocycles. The van der Waals surface area contributed by atoms with Crippen LogP contribution in [0.3, 0.4) is 0 Å². The number of carboxylic acid groups (broad SMARTS) is 1. The number of Topliss-reactive ketones (excluding diaryl/α,β-unsaturated/α-hetero) is 1. The van der Waals surface area contributed by atoms with E-state index in [1.165, 1.54) is 18.3 Å². The van der Waals surface area contributed by atoms with Crippen molar-refractivity contribution in [3.63, 3.8) is 0 Å². The SMILES string of the molecule is CC(C)(C)OC(=O)N1CCC2(CC1)Oc1cnc(-c3ccc(C(=O)O)cc3)cc1C2=O. The maximum absolute atomic E-state index is 13.2. The Bertz CT molecular complexity index is 1050. The molecule has 1 amide bonds. The lowest BCUT2D eigenvalue weighted by molar-refractivity contribution is -0.00480. The Kier molecular flexibility index (Phi) is 4.95. The van der Waals surface area contributed by atoms with Crippen LogP contribution in [-0.2, 0) is 4.74 Å². The molecule has 31 heavy (non-hydrogen) atoms. The highest BCUT2D eigenvalue weighted by Crippen LogP contribution is 2.42. The van der Waals surface area contributed by atoms with Gasteiger partial charge in [-0.1, -0.05) is 12.1 Å². The summed E-state index contributed by atoms with van der Waals surface area (Å²) in [7, 11) is 0. The largest absolute Gasteiger partial charge is 0.478 e. The second-order valence-corrected chi connectivity index (χ2v) is 8.84. The Morgan fingerprint density at radius 1 is 1.16 bits per heavy atom. The summed E-state index contributed by atoms with van der Waals surface area (Å²) in [5.41, 5.74) is 0.344. The van der Waals surface area contributed by atoms with Gasteiger partial charge in [-0.05, 0) is 39.0 Å². The van der Waals surface area contributed by atoms with Crippen molar-refractivity contribution in [2.24, 2.45) is 0 Å². The van der Waals surface area contributed by atoms with Crippen LogP contribution in [0.2, 0.25) is 0 Å². The number of fused-ring (bicyclic) bond motifs is 1. The maximum atomic E-state index is 13.2. The molecule has 1 spiro atoms. The van der Waals surface area contributed by atoms with Crippen LogP contribution in [0.25, 0.3) is 11.3 Å². The summed E-state index contributed by atoms with van der Waals surface area (Å²) in [5, 5.41) is 9.05. The molecule has 4 rings (SSSR count). The number of likely N-dealkylation sites (tertiary alicyclic amines) is 1. The van der Waals surface area contributed by atoms with E-state index in [-0.39, 0.29) is 17.4 Å². The van der Waals surface area contributed by atoms with Gasteiger partial charge in [0.2, 0.25) is 5.78 Å². The molecule has 8 heteroatoms. The van der Waals surface area contributed by atoms with Gasteiger partial charge in [0.15, 0.2) is 5.60 Å². The van der Waals surface area contributed by atoms with Gasteiger partial charge in [0.05, 0.1) is 23.0 Å². The van der Waals surface area contributed by atoms with E-state index < -0.39 is 17.2 Å². The summed E-state index contributed by atoms with van der Waals surface area (Å²) >= 11 is 0. The fourth-order valence-electron chi connectivity index (χ4n) is 3.85. The summed E-state index contributed by atoms with van der Waals surface area (Å²) in [6.07, 6.45) is 1.90. The molecule has 3 heterocycles. The molecule has 8 nitrogen and oxygen atoms in total.